The first-order valence-corrected chi connectivity index (χ1v) is 9.44. The highest BCUT2D eigenvalue weighted by Gasteiger charge is 2.12. The fourth-order valence-corrected chi connectivity index (χ4v) is 3.13. The van der Waals surface area contributed by atoms with Gasteiger partial charge >= 0.3 is 0 Å². The fraction of sp³-hybridized carbons (Fsp3) is 0.0952. The van der Waals surface area contributed by atoms with Crippen LogP contribution < -0.4 is 15.4 Å². The molecule has 0 bridgehead atoms. The Balaban J connectivity index is 1.36. The van der Waals surface area contributed by atoms with Crippen LogP contribution in [0, 0.1) is 0 Å². The maximum absolute atomic E-state index is 12.5. The minimum absolute atomic E-state index is 0.00673. The van der Waals surface area contributed by atoms with Gasteiger partial charge in [0.15, 0.2) is 0 Å². The van der Waals surface area contributed by atoms with Crippen LogP contribution in [0.25, 0.3) is 10.9 Å². The van der Waals surface area contributed by atoms with E-state index in [1.807, 2.05) is 6.07 Å². The van der Waals surface area contributed by atoms with Crippen LogP contribution in [0.15, 0.2) is 60.9 Å². The van der Waals surface area contributed by atoms with Gasteiger partial charge in [0.25, 0.3) is 5.91 Å². The molecule has 0 unspecified atom stereocenters. The third kappa shape index (κ3) is 4.44. The largest absolute Gasteiger partial charge is 0.497 e. The number of H-pyrrole nitrogens is 1. The number of hydrogen-bond acceptors (Lipinski definition) is 4. The number of amides is 2. The van der Waals surface area contributed by atoms with Crippen molar-refractivity contribution in [2.24, 2.45) is 0 Å². The molecule has 0 atom stereocenters. The summed E-state index contributed by atoms with van der Waals surface area (Å²) in [5, 5.41) is 11.1. The van der Waals surface area contributed by atoms with Crippen LogP contribution in [-0.4, -0.2) is 33.7 Å². The zero-order chi connectivity index (χ0) is 21.1. The summed E-state index contributed by atoms with van der Waals surface area (Å²) in [5.41, 5.74) is 2.31. The normalized spacial score (nSPS) is 10.7. The van der Waals surface area contributed by atoms with Crippen molar-refractivity contribution in [3.63, 3.8) is 0 Å². The van der Waals surface area contributed by atoms with Crippen LogP contribution in [0.2, 0.25) is 5.02 Å². The van der Waals surface area contributed by atoms with E-state index in [2.05, 4.69) is 20.7 Å². The first-order chi connectivity index (χ1) is 14.5. The number of methoxy groups -OCH3 is 1. The summed E-state index contributed by atoms with van der Waals surface area (Å²) in [6.07, 6.45) is 3.07. The number of halogens is 1. The third-order valence-corrected chi connectivity index (χ3v) is 4.63. The predicted molar refractivity (Wildman–Crippen MR) is 115 cm³/mol. The number of hydrogen-bond donors (Lipinski definition) is 3. The Morgan fingerprint density at radius 2 is 1.90 bits per heavy atom. The van der Waals surface area contributed by atoms with Crippen LogP contribution in [0.4, 0.5) is 11.4 Å². The van der Waals surface area contributed by atoms with E-state index < -0.39 is 0 Å². The molecule has 0 aliphatic heterocycles. The summed E-state index contributed by atoms with van der Waals surface area (Å²) in [6, 6.07) is 14.1. The molecule has 2 aromatic heterocycles. The van der Waals surface area contributed by atoms with Gasteiger partial charge in [-0.05, 0) is 42.5 Å². The Morgan fingerprint density at radius 1 is 1.10 bits per heavy atom. The van der Waals surface area contributed by atoms with Gasteiger partial charge in [-0.2, -0.15) is 5.10 Å². The quantitative estimate of drug-likeness (QED) is 0.437. The fourth-order valence-electron chi connectivity index (χ4n) is 2.96. The van der Waals surface area contributed by atoms with Gasteiger partial charge in [0.05, 0.1) is 19.0 Å². The van der Waals surface area contributed by atoms with Gasteiger partial charge in [0.2, 0.25) is 5.91 Å². The summed E-state index contributed by atoms with van der Waals surface area (Å²) >= 11 is 5.98. The van der Waals surface area contributed by atoms with E-state index in [1.54, 1.807) is 55.8 Å². The SMILES string of the molecule is COc1ccc(NC(=O)Cn2cc(NC(=O)c3cc4ccc(Cl)cc4[nH]3)cn2)cc1. The molecule has 2 heterocycles. The molecule has 0 aliphatic carbocycles. The van der Waals surface area contributed by atoms with Gasteiger partial charge in [-0.3, -0.25) is 14.3 Å². The minimum atomic E-state index is -0.315. The van der Waals surface area contributed by atoms with Crippen LogP contribution in [0.5, 0.6) is 5.75 Å². The zero-order valence-corrected chi connectivity index (χ0v) is 16.7. The molecule has 0 spiro atoms. The van der Waals surface area contributed by atoms with E-state index in [9.17, 15) is 9.59 Å². The predicted octanol–water partition coefficient (Wildman–Crippen LogP) is 3.92. The van der Waals surface area contributed by atoms with Gasteiger partial charge in [0.1, 0.15) is 18.0 Å². The van der Waals surface area contributed by atoms with Crippen LogP contribution in [0.3, 0.4) is 0 Å². The number of fused-ring (bicyclic) bond motifs is 1. The average Bonchev–Trinajstić information content (AvgIpc) is 3.34. The van der Waals surface area contributed by atoms with Crippen molar-refractivity contribution in [2.75, 3.05) is 17.7 Å². The standard InChI is InChI=1S/C21H18ClN5O3/c1-30-17-6-4-15(5-7-17)24-20(28)12-27-11-16(10-23-27)25-21(29)19-8-13-2-3-14(22)9-18(13)26-19/h2-11,26H,12H2,1H3,(H,24,28)(H,25,29). The number of rotatable bonds is 6. The molecule has 0 fully saturated rings. The van der Waals surface area contributed by atoms with Crippen molar-refractivity contribution in [3.05, 3.63) is 71.6 Å². The molecule has 2 aromatic carbocycles. The molecular weight excluding hydrogens is 406 g/mol. The minimum Gasteiger partial charge on any atom is -0.497 e. The van der Waals surface area contributed by atoms with Crippen molar-refractivity contribution in [1.82, 2.24) is 14.8 Å². The number of aromatic nitrogens is 3. The molecule has 9 heteroatoms. The Kier molecular flexibility index (Phi) is 5.40. The first-order valence-electron chi connectivity index (χ1n) is 9.06. The molecule has 30 heavy (non-hydrogen) atoms. The van der Waals surface area contributed by atoms with Gasteiger partial charge in [-0.25, -0.2) is 0 Å². The summed E-state index contributed by atoms with van der Waals surface area (Å²) in [6.45, 7) is 0.00673. The number of aromatic amines is 1. The lowest BCUT2D eigenvalue weighted by Crippen LogP contribution is -2.19. The van der Waals surface area contributed by atoms with Crippen LogP contribution in [-0.2, 0) is 11.3 Å². The number of nitrogens with zero attached hydrogens (tertiary/aromatic N) is 2. The highest BCUT2D eigenvalue weighted by atomic mass is 35.5. The van der Waals surface area contributed by atoms with E-state index in [0.717, 1.165) is 10.9 Å². The molecule has 4 aromatic rings. The smallest absolute Gasteiger partial charge is 0.272 e. The number of carbonyl (C=O) groups excluding carboxylic acids is 2. The average molecular weight is 424 g/mol. The number of ether oxygens (including phenoxy) is 1. The van der Waals surface area contributed by atoms with E-state index in [0.29, 0.717) is 27.8 Å². The molecule has 0 aliphatic rings. The number of anilines is 2. The van der Waals surface area contributed by atoms with Crippen molar-refractivity contribution in [1.29, 1.82) is 0 Å². The molecule has 0 saturated carbocycles. The topological polar surface area (TPSA) is 101 Å². The van der Waals surface area contributed by atoms with E-state index in [1.165, 1.54) is 10.9 Å². The van der Waals surface area contributed by atoms with Gasteiger partial charge in [-0.1, -0.05) is 17.7 Å². The highest BCUT2D eigenvalue weighted by Crippen LogP contribution is 2.20. The molecule has 0 saturated heterocycles. The molecule has 152 valence electrons. The highest BCUT2D eigenvalue weighted by molar-refractivity contribution is 6.31. The molecule has 3 N–H and O–H groups in total. The molecule has 2 amide bonds. The first kappa shape index (κ1) is 19.5. The summed E-state index contributed by atoms with van der Waals surface area (Å²) in [4.78, 5) is 27.7. The van der Waals surface area contributed by atoms with E-state index >= 15 is 0 Å². The van der Waals surface area contributed by atoms with Crippen LogP contribution in [0.1, 0.15) is 10.5 Å². The number of nitrogens with one attached hydrogen (secondary N) is 3. The van der Waals surface area contributed by atoms with Crippen molar-refractivity contribution in [3.8, 4) is 5.75 Å². The monoisotopic (exact) mass is 423 g/mol. The lowest BCUT2D eigenvalue weighted by atomic mass is 10.2. The van der Waals surface area contributed by atoms with E-state index in [-0.39, 0.29) is 18.4 Å². The zero-order valence-electron chi connectivity index (χ0n) is 16.0. The Bertz CT molecular complexity index is 1210. The second kappa shape index (κ2) is 8.30. The lowest BCUT2D eigenvalue weighted by Gasteiger charge is -2.06. The second-order valence-electron chi connectivity index (χ2n) is 6.57. The molecule has 0 radical (unpaired) electrons. The summed E-state index contributed by atoms with van der Waals surface area (Å²) in [7, 11) is 1.58. The maximum atomic E-state index is 12.5. The molecule has 4 rings (SSSR count). The van der Waals surface area contributed by atoms with Gasteiger partial charge in [-0.15, -0.1) is 0 Å². The Morgan fingerprint density at radius 3 is 2.67 bits per heavy atom. The van der Waals surface area contributed by atoms with Gasteiger partial charge < -0.3 is 20.4 Å². The van der Waals surface area contributed by atoms with Crippen molar-refractivity contribution >= 4 is 45.7 Å². The Labute approximate surface area is 176 Å². The summed E-state index contributed by atoms with van der Waals surface area (Å²) < 4.78 is 6.53. The number of carbonyl (C=O) groups is 2. The number of benzene rings is 2. The Hall–Kier alpha value is -3.78. The van der Waals surface area contributed by atoms with E-state index in [4.69, 9.17) is 16.3 Å². The third-order valence-electron chi connectivity index (χ3n) is 4.40. The second-order valence-corrected chi connectivity index (χ2v) is 7.01. The van der Waals surface area contributed by atoms with Gasteiger partial charge in [0, 0.05) is 27.8 Å². The van der Waals surface area contributed by atoms with Crippen molar-refractivity contribution < 1.29 is 14.3 Å². The van der Waals surface area contributed by atoms with Crippen molar-refractivity contribution in [2.45, 2.75) is 6.54 Å². The molecular formula is C21H18ClN5O3. The maximum Gasteiger partial charge on any atom is 0.272 e. The molecule has 8 nitrogen and oxygen atoms in total. The summed E-state index contributed by atoms with van der Waals surface area (Å²) in [5.74, 6) is 0.150. The van der Waals surface area contributed by atoms with Crippen LogP contribution >= 0.6 is 11.6 Å². The lowest BCUT2D eigenvalue weighted by molar-refractivity contribution is -0.116.